The average Bonchev–Trinajstić information content (AvgIpc) is 2.55. The number of aromatic nitrogens is 2. The Morgan fingerprint density at radius 3 is 3.00 bits per heavy atom. The van der Waals surface area contributed by atoms with E-state index in [0.717, 1.165) is 16.7 Å². The van der Waals surface area contributed by atoms with Gasteiger partial charge in [0.05, 0.1) is 18.1 Å². The number of hydrogen-bond acceptors (Lipinski definition) is 3. The highest BCUT2D eigenvalue weighted by Crippen LogP contribution is 2.13. The zero-order valence-corrected chi connectivity index (χ0v) is 8.00. The maximum atomic E-state index is 11.2. The number of aryl methyl sites for hydroxylation is 1. The van der Waals surface area contributed by atoms with E-state index in [-0.39, 0.29) is 0 Å². The van der Waals surface area contributed by atoms with E-state index in [0.29, 0.717) is 5.69 Å². The van der Waals surface area contributed by atoms with E-state index in [2.05, 4.69) is 14.7 Å². The van der Waals surface area contributed by atoms with Crippen LogP contribution in [0.5, 0.6) is 0 Å². The molecule has 2 heterocycles. The molecular formula is C10H10N2O2. The first-order chi connectivity index (χ1) is 6.70. The van der Waals surface area contributed by atoms with Gasteiger partial charge in [-0.2, -0.15) is 0 Å². The van der Waals surface area contributed by atoms with Crippen LogP contribution in [0.2, 0.25) is 0 Å². The lowest BCUT2D eigenvalue weighted by Crippen LogP contribution is -2.03. The summed E-state index contributed by atoms with van der Waals surface area (Å²) in [6, 6.07) is 5.35. The van der Waals surface area contributed by atoms with Crippen LogP contribution in [0.4, 0.5) is 0 Å². The Morgan fingerprint density at radius 2 is 2.29 bits per heavy atom. The number of H-pyrrole nitrogens is 1. The number of methoxy groups -OCH3 is 1. The van der Waals surface area contributed by atoms with Crippen LogP contribution in [0.3, 0.4) is 0 Å². The first kappa shape index (κ1) is 8.74. The Morgan fingerprint density at radius 1 is 1.50 bits per heavy atom. The maximum Gasteiger partial charge on any atom is 0.356 e. The Bertz CT molecular complexity index is 488. The first-order valence-electron chi connectivity index (χ1n) is 4.25. The molecular weight excluding hydrogens is 180 g/mol. The molecule has 0 saturated heterocycles. The van der Waals surface area contributed by atoms with E-state index >= 15 is 0 Å². The monoisotopic (exact) mass is 190 g/mol. The minimum atomic E-state index is -0.411. The first-order valence-corrected chi connectivity index (χ1v) is 4.25. The van der Waals surface area contributed by atoms with Gasteiger partial charge in [0.2, 0.25) is 0 Å². The summed E-state index contributed by atoms with van der Waals surface area (Å²) in [6.45, 7) is 1.94. The third-order valence-electron chi connectivity index (χ3n) is 2.00. The molecule has 0 spiro atoms. The zero-order valence-electron chi connectivity index (χ0n) is 8.00. The zero-order chi connectivity index (χ0) is 10.1. The fraction of sp³-hybridized carbons (Fsp3) is 0.200. The van der Waals surface area contributed by atoms with Crippen molar-refractivity contribution in [1.29, 1.82) is 0 Å². The van der Waals surface area contributed by atoms with E-state index in [4.69, 9.17) is 0 Å². The number of ether oxygens (including phenoxy) is 1. The van der Waals surface area contributed by atoms with Gasteiger partial charge in [-0.3, -0.25) is 0 Å². The third kappa shape index (κ3) is 1.35. The fourth-order valence-corrected chi connectivity index (χ4v) is 1.36. The predicted octanol–water partition coefficient (Wildman–Crippen LogP) is 1.66. The molecule has 72 valence electrons. The van der Waals surface area contributed by atoms with Crippen molar-refractivity contribution in [2.24, 2.45) is 0 Å². The van der Waals surface area contributed by atoms with Crippen LogP contribution >= 0.6 is 0 Å². The predicted molar refractivity (Wildman–Crippen MR) is 52.2 cm³/mol. The van der Waals surface area contributed by atoms with E-state index in [9.17, 15) is 4.79 Å². The van der Waals surface area contributed by atoms with Gasteiger partial charge in [-0.05, 0) is 25.1 Å². The van der Waals surface area contributed by atoms with Gasteiger partial charge in [-0.1, -0.05) is 0 Å². The van der Waals surface area contributed by atoms with Gasteiger partial charge >= 0.3 is 5.97 Å². The van der Waals surface area contributed by atoms with Crippen LogP contribution in [0.1, 0.15) is 16.2 Å². The number of esters is 1. The summed E-state index contributed by atoms with van der Waals surface area (Å²) in [6.07, 6.45) is 0. The lowest BCUT2D eigenvalue weighted by molar-refractivity contribution is 0.0594. The Labute approximate surface area is 80.9 Å². The van der Waals surface area contributed by atoms with Crippen LogP contribution in [0, 0.1) is 6.92 Å². The summed E-state index contributed by atoms with van der Waals surface area (Å²) < 4.78 is 4.58. The number of nitrogens with one attached hydrogen (secondary N) is 1. The highest BCUT2D eigenvalue weighted by molar-refractivity contribution is 5.90. The molecule has 0 saturated carbocycles. The summed E-state index contributed by atoms with van der Waals surface area (Å²) in [4.78, 5) is 18.5. The van der Waals surface area contributed by atoms with Crippen molar-refractivity contribution in [3.63, 3.8) is 0 Å². The molecule has 0 amide bonds. The van der Waals surface area contributed by atoms with Crippen molar-refractivity contribution in [2.45, 2.75) is 6.92 Å². The molecule has 4 nitrogen and oxygen atoms in total. The van der Waals surface area contributed by atoms with Gasteiger partial charge in [-0.15, -0.1) is 0 Å². The quantitative estimate of drug-likeness (QED) is 0.696. The number of pyridine rings is 1. The van der Waals surface area contributed by atoms with Crippen LogP contribution in [-0.4, -0.2) is 23.0 Å². The number of fused-ring (bicyclic) bond motifs is 1. The SMILES string of the molecule is COC(=O)c1ccc2[nH]c(C)cc2n1. The summed E-state index contributed by atoms with van der Waals surface area (Å²) in [5.41, 5.74) is 3.06. The molecule has 2 rings (SSSR count). The standard InChI is InChI=1S/C10H10N2O2/c1-6-5-9-7(11-6)3-4-8(12-9)10(13)14-2/h3-5,11H,1-2H3. The Hall–Kier alpha value is -1.84. The van der Waals surface area contributed by atoms with Gasteiger partial charge in [0.15, 0.2) is 0 Å². The van der Waals surface area contributed by atoms with Crippen LogP contribution in [0.25, 0.3) is 11.0 Å². The molecule has 4 heteroatoms. The number of carbonyl (C=O) groups is 1. The maximum absolute atomic E-state index is 11.2. The van der Waals surface area contributed by atoms with Gasteiger partial charge in [0.1, 0.15) is 5.69 Å². The van der Waals surface area contributed by atoms with Gasteiger partial charge in [0, 0.05) is 5.69 Å². The van der Waals surface area contributed by atoms with Crippen molar-refractivity contribution in [3.05, 3.63) is 29.6 Å². The molecule has 1 N–H and O–H groups in total. The summed E-state index contributed by atoms with van der Waals surface area (Å²) in [5, 5.41) is 0. The lowest BCUT2D eigenvalue weighted by Gasteiger charge is -1.97. The van der Waals surface area contributed by atoms with Crippen molar-refractivity contribution in [3.8, 4) is 0 Å². The molecule has 14 heavy (non-hydrogen) atoms. The molecule has 0 unspecified atom stereocenters. The van der Waals surface area contributed by atoms with Gasteiger partial charge < -0.3 is 9.72 Å². The number of carbonyl (C=O) groups excluding carboxylic acids is 1. The Balaban J connectivity index is 2.55. The summed E-state index contributed by atoms with van der Waals surface area (Å²) in [7, 11) is 1.34. The minimum absolute atomic E-state index is 0.332. The second kappa shape index (κ2) is 3.14. The molecule has 2 aromatic heterocycles. The molecule has 0 radical (unpaired) electrons. The molecule has 0 fully saturated rings. The van der Waals surface area contributed by atoms with Crippen LogP contribution in [-0.2, 0) is 4.74 Å². The molecule has 2 aromatic rings. The van der Waals surface area contributed by atoms with E-state index in [1.807, 2.05) is 19.1 Å². The molecule has 0 aliphatic rings. The van der Waals surface area contributed by atoms with Crippen LogP contribution < -0.4 is 0 Å². The van der Waals surface area contributed by atoms with E-state index < -0.39 is 5.97 Å². The molecule has 0 atom stereocenters. The minimum Gasteiger partial charge on any atom is -0.464 e. The topological polar surface area (TPSA) is 55.0 Å². The van der Waals surface area contributed by atoms with Crippen molar-refractivity contribution < 1.29 is 9.53 Å². The van der Waals surface area contributed by atoms with Crippen molar-refractivity contribution in [1.82, 2.24) is 9.97 Å². The highest BCUT2D eigenvalue weighted by Gasteiger charge is 2.08. The largest absolute Gasteiger partial charge is 0.464 e. The normalized spacial score (nSPS) is 10.4. The molecule has 0 bridgehead atoms. The second-order valence-corrected chi connectivity index (χ2v) is 3.07. The smallest absolute Gasteiger partial charge is 0.356 e. The fourth-order valence-electron chi connectivity index (χ4n) is 1.36. The average molecular weight is 190 g/mol. The number of rotatable bonds is 1. The summed E-state index contributed by atoms with van der Waals surface area (Å²) >= 11 is 0. The van der Waals surface area contributed by atoms with Crippen molar-refractivity contribution >= 4 is 17.0 Å². The summed E-state index contributed by atoms with van der Waals surface area (Å²) in [5.74, 6) is -0.411. The molecule has 0 aliphatic heterocycles. The second-order valence-electron chi connectivity index (χ2n) is 3.07. The van der Waals surface area contributed by atoms with Gasteiger partial charge in [-0.25, -0.2) is 9.78 Å². The third-order valence-corrected chi connectivity index (χ3v) is 2.00. The number of hydrogen-bond donors (Lipinski definition) is 1. The van der Waals surface area contributed by atoms with E-state index in [1.54, 1.807) is 6.07 Å². The highest BCUT2D eigenvalue weighted by atomic mass is 16.5. The van der Waals surface area contributed by atoms with Gasteiger partial charge in [0.25, 0.3) is 0 Å². The number of aromatic amines is 1. The van der Waals surface area contributed by atoms with Crippen molar-refractivity contribution in [2.75, 3.05) is 7.11 Å². The molecule has 0 aromatic carbocycles. The number of nitrogens with zero attached hydrogens (tertiary/aromatic N) is 1. The van der Waals surface area contributed by atoms with Crippen LogP contribution in [0.15, 0.2) is 18.2 Å². The lowest BCUT2D eigenvalue weighted by atomic mass is 10.3. The Kier molecular flexibility index (Phi) is 1.96. The molecule has 0 aliphatic carbocycles. The van der Waals surface area contributed by atoms with E-state index in [1.165, 1.54) is 7.11 Å².